The molecule has 3 amide bonds. The topological polar surface area (TPSA) is 69.7 Å². The van der Waals surface area contributed by atoms with Crippen LogP contribution in [0.25, 0.3) is 0 Å². The number of hydrogen-bond acceptors (Lipinski definition) is 4. The summed E-state index contributed by atoms with van der Waals surface area (Å²) >= 11 is 1.52. The van der Waals surface area contributed by atoms with Crippen molar-refractivity contribution in [3.8, 4) is 0 Å². The first-order chi connectivity index (χ1) is 12.1. The van der Waals surface area contributed by atoms with Crippen LogP contribution in [0.5, 0.6) is 0 Å². The number of nitrogens with one attached hydrogen (secondary N) is 1. The SMILES string of the molecule is O=C1CSc2ccc(CC(=O)N3CCN(C(=O)C4CC4)CC3)cc2N1. The van der Waals surface area contributed by atoms with Gasteiger partial charge in [-0.25, -0.2) is 0 Å². The second-order valence-corrected chi connectivity index (χ2v) is 7.84. The molecule has 0 aromatic heterocycles. The Morgan fingerprint density at radius 2 is 1.84 bits per heavy atom. The molecule has 2 fully saturated rings. The van der Waals surface area contributed by atoms with Crippen LogP contribution in [-0.4, -0.2) is 59.5 Å². The van der Waals surface area contributed by atoms with E-state index in [1.807, 2.05) is 28.0 Å². The second kappa shape index (κ2) is 6.71. The summed E-state index contributed by atoms with van der Waals surface area (Å²) in [4.78, 5) is 40.9. The van der Waals surface area contributed by atoms with Crippen molar-refractivity contribution in [2.24, 2.45) is 5.92 Å². The number of thioether (sulfide) groups is 1. The smallest absolute Gasteiger partial charge is 0.234 e. The van der Waals surface area contributed by atoms with Gasteiger partial charge in [0.05, 0.1) is 17.9 Å². The van der Waals surface area contributed by atoms with Crippen molar-refractivity contribution in [3.05, 3.63) is 23.8 Å². The molecule has 25 heavy (non-hydrogen) atoms. The van der Waals surface area contributed by atoms with Crippen molar-refractivity contribution >= 4 is 35.2 Å². The van der Waals surface area contributed by atoms with E-state index in [0.29, 0.717) is 38.4 Å². The zero-order valence-electron chi connectivity index (χ0n) is 14.0. The van der Waals surface area contributed by atoms with Gasteiger partial charge in [-0.05, 0) is 30.5 Å². The van der Waals surface area contributed by atoms with Crippen LogP contribution in [0.2, 0.25) is 0 Å². The monoisotopic (exact) mass is 359 g/mol. The third-order valence-electron chi connectivity index (χ3n) is 4.90. The largest absolute Gasteiger partial charge is 0.339 e. The molecule has 0 bridgehead atoms. The number of benzene rings is 1. The van der Waals surface area contributed by atoms with Gasteiger partial charge in [-0.15, -0.1) is 11.8 Å². The molecule has 3 aliphatic rings. The van der Waals surface area contributed by atoms with Crippen molar-refractivity contribution in [2.75, 3.05) is 37.2 Å². The van der Waals surface area contributed by atoms with Gasteiger partial charge in [0.25, 0.3) is 0 Å². The molecule has 2 aliphatic heterocycles. The van der Waals surface area contributed by atoms with Crippen molar-refractivity contribution in [2.45, 2.75) is 24.2 Å². The average Bonchev–Trinajstić information content (AvgIpc) is 3.46. The van der Waals surface area contributed by atoms with Gasteiger partial charge in [0.2, 0.25) is 17.7 Å². The fourth-order valence-electron chi connectivity index (χ4n) is 3.29. The molecule has 7 heteroatoms. The Morgan fingerprint density at radius 3 is 2.56 bits per heavy atom. The number of carbonyl (C=O) groups is 3. The van der Waals surface area contributed by atoms with Gasteiger partial charge in [-0.1, -0.05) is 6.07 Å². The van der Waals surface area contributed by atoms with E-state index in [-0.39, 0.29) is 23.6 Å². The quantitative estimate of drug-likeness (QED) is 0.885. The molecule has 2 heterocycles. The van der Waals surface area contributed by atoms with E-state index >= 15 is 0 Å². The maximum atomic E-state index is 12.6. The standard InChI is InChI=1S/C18H21N3O3S/c22-16-11-25-15-4-1-12(9-14(15)19-16)10-17(23)20-5-7-21(8-6-20)18(24)13-2-3-13/h1,4,9,13H,2-3,5-8,10-11H2,(H,19,22). The number of nitrogens with zero attached hydrogens (tertiary/aromatic N) is 2. The first-order valence-corrected chi connectivity index (χ1v) is 9.71. The van der Waals surface area contributed by atoms with E-state index in [0.717, 1.165) is 29.0 Å². The first-order valence-electron chi connectivity index (χ1n) is 8.72. The third kappa shape index (κ3) is 3.66. The zero-order chi connectivity index (χ0) is 17.4. The number of anilines is 1. The molecule has 1 aromatic rings. The van der Waals surface area contributed by atoms with Crippen LogP contribution >= 0.6 is 11.8 Å². The molecule has 4 rings (SSSR count). The summed E-state index contributed by atoms with van der Waals surface area (Å²) in [6.07, 6.45) is 2.36. The number of amides is 3. The Morgan fingerprint density at radius 1 is 1.12 bits per heavy atom. The minimum atomic E-state index is -0.00238. The van der Waals surface area contributed by atoms with Gasteiger partial charge < -0.3 is 15.1 Å². The molecule has 1 saturated heterocycles. The maximum Gasteiger partial charge on any atom is 0.234 e. The molecule has 1 saturated carbocycles. The van der Waals surface area contributed by atoms with Crippen LogP contribution in [0, 0.1) is 5.92 Å². The summed E-state index contributed by atoms with van der Waals surface area (Å²) in [6.45, 7) is 2.49. The summed E-state index contributed by atoms with van der Waals surface area (Å²) < 4.78 is 0. The highest BCUT2D eigenvalue weighted by atomic mass is 32.2. The first kappa shape index (κ1) is 16.4. The lowest BCUT2D eigenvalue weighted by atomic mass is 10.1. The Labute approximate surface area is 150 Å². The molecular formula is C18H21N3O3S. The van der Waals surface area contributed by atoms with Crippen LogP contribution in [0.3, 0.4) is 0 Å². The summed E-state index contributed by atoms with van der Waals surface area (Å²) in [5.41, 5.74) is 1.70. The lowest BCUT2D eigenvalue weighted by Crippen LogP contribution is -2.51. The summed E-state index contributed by atoms with van der Waals surface area (Å²) in [7, 11) is 0. The molecule has 6 nitrogen and oxygen atoms in total. The summed E-state index contributed by atoms with van der Waals surface area (Å²) in [6, 6.07) is 5.81. The molecule has 0 spiro atoms. The molecular weight excluding hydrogens is 338 g/mol. The molecule has 0 atom stereocenters. The van der Waals surface area contributed by atoms with Gasteiger partial charge in [-0.3, -0.25) is 14.4 Å². The Bertz CT molecular complexity index is 724. The Hall–Kier alpha value is -2.02. The molecule has 0 radical (unpaired) electrons. The normalized spacial score (nSPS) is 20.1. The van der Waals surface area contributed by atoms with E-state index < -0.39 is 0 Å². The van der Waals surface area contributed by atoms with E-state index in [9.17, 15) is 14.4 Å². The van der Waals surface area contributed by atoms with Crippen molar-refractivity contribution in [3.63, 3.8) is 0 Å². The van der Waals surface area contributed by atoms with Crippen molar-refractivity contribution < 1.29 is 14.4 Å². The lowest BCUT2D eigenvalue weighted by molar-refractivity contribution is -0.140. The molecule has 1 aromatic carbocycles. The Kier molecular flexibility index (Phi) is 4.41. The third-order valence-corrected chi connectivity index (χ3v) is 5.98. The minimum absolute atomic E-state index is 0.00238. The van der Waals surface area contributed by atoms with E-state index in [2.05, 4.69) is 5.32 Å². The van der Waals surface area contributed by atoms with Crippen LogP contribution in [0.15, 0.2) is 23.1 Å². The number of hydrogen-bond donors (Lipinski definition) is 1. The fraction of sp³-hybridized carbons (Fsp3) is 0.500. The Balaban J connectivity index is 1.34. The summed E-state index contributed by atoms with van der Waals surface area (Å²) in [5, 5.41) is 2.86. The van der Waals surface area contributed by atoms with Gasteiger partial charge in [0, 0.05) is 37.0 Å². The molecule has 1 aliphatic carbocycles. The van der Waals surface area contributed by atoms with Gasteiger partial charge in [-0.2, -0.15) is 0 Å². The number of piperazine rings is 1. The highest BCUT2D eigenvalue weighted by molar-refractivity contribution is 8.00. The summed E-state index contributed by atoms with van der Waals surface area (Å²) in [5.74, 6) is 1.02. The highest BCUT2D eigenvalue weighted by Gasteiger charge is 2.35. The fourth-order valence-corrected chi connectivity index (χ4v) is 4.08. The van der Waals surface area contributed by atoms with Gasteiger partial charge >= 0.3 is 0 Å². The van der Waals surface area contributed by atoms with Crippen LogP contribution in [0.1, 0.15) is 18.4 Å². The molecule has 132 valence electrons. The predicted octanol–water partition coefficient (Wildman–Crippen LogP) is 1.35. The molecule has 1 N–H and O–H groups in total. The van der Waals surface area contributed by atoms with E-state index in [1.54, 1.807) is 0 Å². The minimum Gasteiger partial charge on any atom is -0.339 e. The van der Waals surface area contributed by atoms with Gasteiger partial charge in [0.1, 0.15) is 0 Å². The van der Waals surface area contributed by atoms with Crippen molar-refractivity contribution in [1.82, 2.24) is 9.80 Å². The predicted molar refractivity (Wildman–Crippen MR) is 95.4 cm³/mol. The van der Waals surface area contributed by atoms with E-state index in [4.69, 9.17) is 0 Å². The lowest BCUT2D eigenvalue weighted by Gasteiger charge is -2.35. The van der Waals surface area contributed by atoms with Gasteiger partial charge in [0.15, 0.2) is 0 Å². The van der Waals surface area contributed by atoms with Crippen LogP contribution in [0.4, 0.5) is 5.69 Å². The average molecular weight is 359 g/mol. The molecule has 0 unspecified atom stereocenters. The van der Waals surface area contributed by atoms with Crippen molar-refractivity contribution in [1.29, 1.82) is 0 Å². The highest BCUT2D eigenvalue weighted by Crippen LogP contribution is 2.32. The number of fused-ring (bicyclic) bond motifs is 1. The van der Waals surface area contributed by atoms with E-state index in [1.165, 1.54) is 11.8 Å². The zero-order valence-corrected chi connectivity index (χ0v) is 14.8. The number of carbonyl (C=O) groups excluding carboxylic acids is 3. The maximum absolute atomic E-state index is 12.6. The number of rotatable bonds is 3. The van der Waals surface area contributed by atoms with Crippen LogP contribution < -0.4 is 5.32 Å². The van der Waals surface area contributed by atoms with Crippen LogP contribution in [-0.2, 0) is 20.8 Å². The second-order valence-electron chi connectivity index (χ2n) is 6.82.